The third-order valence-corrected chi connectivity index (χ3v) is 2.37. The molecule has 0 bridgehead atoms. The lowest BCUT2D eigenvalue weighted by Crippen LogP contribution is -2.36. The van der Waals surface area contributed by atoms with Gasteiger partial charge in [0.1, 0.15) is 0 Å². The third kappa shape index (κ3) is 4.31. The summed E-state index contributed by atoms with van der Waals surface area (Å²) in [4.78, 5) is 0. The summed E-state index contributed by atoms with van der Waals surface area (Å²) >= 11 is 0. The molecule has 0 atom stereocenters. The maximum Gasteiger partial charge on any atom is -0.000865 e. The summed E-state index contributed by atoms with van der Waals surface area (Å²) in [6.45, 7) is 5.72. The molecule has 0 radical (unpaired) electrons. The van der Waals surface area contributed by atoms with Gasteiger partial charge in [-0.15, -0.1) is 0 Å². The average Bonchev–Trinajstić information content (AvgIpc) is 2.13. The first-order valence-electron chi connectivity index (χ1n) is 3.98. The van der Waals surface area contributed by atoms with Gasteiger partial charge in [0.15, 0.2) is 0 Å². The predicted molar refractivity (Wildman–Crippen MR) is 49.5 cm³/mol. The van der Waals surface area contributed by atoms with E-state index >= 15 is 0 Å². The standard InChI is InChI=1S/C7H18N2.H4N2/c1-3-7(4-2,5-8)6-9;1-2/h3-6,8-9H2,1-2H3;1-2H2. The van der Waals surface area contributed by atoms with Crippen LogP contribution in [-0.2, 0) is 0 Å². The molecule has 0 aliphatic carbocycles. The van der Waals surface area contributed by atoms with Gasteiger partial charge in [-0.3, -0.25) is 11.7 Å². The van der Waals surface area contributed by atoms with Gasteiger partial charge in [-0.2, -0.15) is 0 Å². The molecule has 4 heteroatoms. The number of hydrogen-bond donors (Lipinski definition) is 4. The fourth-order valence-corrected chi connectivity index (χ4v) is 0.911. The van der Waals surface area contributed by atoms with Gasteiger partial charge in [-0.05, 0) is 31.3 Å². The Morgan fingerprint density at radius 2 is 1.18 bits per heavy atom. The van der Waals surface area contributed by atoms with E-state index in [1.54, 1.807) is 0 Å². The van der Waals surface area contributed by atoms with Crippen LogP contribution in [-0.4, -0.2) is 13.1 Å². The molecule has 8 N–H and O–H groups in total. The van der Waals surface area contributed by atoms with E-state index in [4.69, 9.17) is 11.5 Å². The molecule has 0 aromatic carbocycles. The van der Waals surface area contributed by atoms with Gasteiger partial charge < -0.3 is 11.5 Å². The molecule has 70 valence electrons. The Morgan fingerprint density at radius 3 is 1.18 bits per heavy atom. The molecule has 11 heavy (non-hydrogen) atoms. The monoisotopic (exact) mass is 162 g/mol. The molecular formula is C7H22N4. The second-order valence-corrected chi connectivity index (χ2v) is 2.62. The van der Waals surface area contributed by atoms with Crippen molar-refractivity contribution in [2.75, 3.05) is 13.1 Å². The minimum atomic E-state index is 0.222. The van der Waals surface area contributed by atoms with Crippen LogP contribution >= 0.6 is 0 Å². The highest BCUT2D eigenvalue weighted by Gasteiger charge is 2.21. The minimum absolute atomic E-state index is 0.222. The molecule has 0 aromatic heterocycles. The normalized spacial score (nSPS) is 10.4. The van der Waals surface area contributed by atoms with E-state index in [-0.39, 0.29) is 5.41 Å². The van der Waals surface area contributed by atoms with E-state index in [1.165, 1.54) is 0 Å². The first kappa shape index (κ1) is 13.4. The van der Waals surface area contributed by atoms with Gasteiger partial charge in [0.25, 0.3) is 0 Å². The Bertz CT molecular complexity index is 53.3. The van der Waals surface area contributed by atoms with Crippen LogP contribution < -0.4 is 23.2 Å². The van der Waals surface area contributed by atoms with Gasteiger partial charge in [-0.1, -0.05) is 13.8 Å². The highest BCUT2D eigenvalue weighted by atomic mass is 15.0. The van der Waals surface area contributed by atoms with Crippen molar-refractivity contribution in [1.29, 1.82) is 0 Å². The van der Waals surface area contributed by atoms with Gasteiger partial charge in [0, 0.05) is 0 Å². The second kappa shape index (κ2) is 7.94. The Kier molecular flexibility index (Phi) is 9.70. The lowest BCUT2D eigenvalue weighted by atomic mass is 9.83. The highest BCUT2D eigenvalue weighted by molar-refractivity contribution is 4.77. The van der Waals surface area contributed by atoms with E-state index < -0.39 is 0 Å². The van der Waals surface area contributed by atoms with Crippen LogP contribution in [0, 0.1) is 5.41 Å². The van der Waals surface area contributed by atoms with Crippen molar-refractivity contribution in [3.05, 3.63) is 0 Å². The van der Waals surface area contributed by atoms with Crippen molar-refractivity contribution in [3.8, 4) is 0 Å². The summed E-state index contributed by atoms with van der Waals surface area (Å²) in [6.07, 6.45) is 2.19. The topological polar surface area (TPSA) is 104 Å². The smallest absolute Gasteiger partial charge is 0.000865 e. The molecule has 4 nitrogen and oxygen atoms in total. The van der Waals surface area contributed by atoms with E-state index in [9.17, 15) is 0 Å². The Labute approximate surface area is 69.3 Å². The molecule has 0 spiro atoms. The summed E-state index contributed by atoms with van der Waals surface area (Å²) in [7, 11) is 0. The van der Waals surface area contributed by atoms with Crippen LogP contribution in [0.15, 0.2) is 0 Å². The number of hydrogen-bond acceptors (Lipinski definition) is 4. The van der Waals surface area contributed by atoms with Crippen LogP contribution in [0.3, 0.4) is 0 Å². The van der Waals surface area contributed by atoms with Crippen molar-refractivity contribution in [2.24, 2.45) is 28.6 Å². The fourth-order valence-electron chi connectivity index (χ4n) is 0.911. The summed E-state index contributed by atoms with van der Waals surface area (Å²) in [6, 6.07) is 0. The molecule has 0 rings (SSSR count). The number of hydrazine groups is 1. The summed E-state index contributed by atoms with van der Waals surface area (Å²) in [5.74, 6) is 8.00. The second-order valence-electron chi connectivity index (χ2n) is 2.62. The molecular weight excluding hydrogens is 140 g/mol. The van der Waals surface area contributed by atoms with Crippen LogP contribution in [0.1, 0.15) is 26.7 Å². The fraction of sp³-hybridized carbons (Fsp3) is 1.00. The minimum Gasteiger partial charge on any atom is -0.330 e. The van der Waals surface area contributed by atoms with E-state index in [2.05, 4.69) is 25.5 Å². The van der Waals surface area contributed by atoms with Crippen LogP contribution in [0.2, 0.25) is 0 Å². The van der Waals surface area contributed by atoms with Crippen LogP contribution in [0.5, 0.6) is 0 Å². The molecule has 0 aromatic rings. The molecule has 0 fully saturated rings. The van der Waals surface area contributed by atoms with E-state index in [1.807, 2.05) is 0 Å². The van der Waals surface area contributed by atoms with Gasteiger partial charge in [0.2, 0.25) is 0 Å². The highest BCUT2D eigenvalue weighted by Crippen LogP contribution is 2.22. The largest absolute Gasteiger partial charge is 0.330 e. The van der Waals surface area contributed by atoms with E-state index in [0.717, 1.165) is 25.9 Å². The average molecular weight is 162 g/mol. The van der Waals surface area contributed by atoms with Crippen molar-refractivity contribution in [1.82, 2.24) is 0 Å². The predicted octanol–water partition coefficient (Wildman–Crippen LogP) is -0.471. The van der Waals surface area contributed by atoms with Crippen molar-refractivity contribution in [3.63, 3.8) is 0 Å². The zero-order chi connectivity index (χ0) is 9.33. The molecule has 0 amide bonds. The SMILES string of the molecule is CCC(CC)(CN)CN.NN. The molecule has 0 unspecified atom stereocenters. The number of rotatable bonds is 4. The number of nitrogens with two attached hydrogens (primary N) is 4. The maximum atomic E-state index is 5.56. The van der Waals surface area contributed by atoms with Gasteiger partial charge >= 0.3 is 0 Å². The first-order chi connectivity index (χ1) is 5.24. The first-order valence-corrected chi connectivity index (χ1v) is 3.98. The van der Waals surface area contributed by atoms with Gasteiger partial charge in [-0.25, -0.2) is 0 Å². The molecule has 0 heterocycles. The lowest BCUT2D eigenvalue weighted by molar-refractivity contribution is 0.285. The Hall–Kier alpha value is -0.160. The quantitative estimate of drug-likeness (QED) is 0.331. The van der Waals surface area contributed by atoms with Crippen molar-refractivity contribution >= 4 is 0 Å². The Morgan fingerprint density at radius 1 is 0.909 bits per heavy atom. The lowest BCUT2D eigenvalue weighted by Gasteiger charge is -2.27. The summed E-state index contributed by atoms with van der Waals surface area (Å²) in [5.41, 5.74) is 11.3. The third-order valence-electron chi connectivity index (χ3n) is 2.37. The molecule has 0 saturated heterocycles. The zero-order valence-electron chi connectivity index (χ0n) is 7.64. The van der Waals surface area contributed by atoms with Crippen LogP contribution in [0.25, 0.3) is 0 Å². The zero-order valence-corrected chi connectivity index (χ0v) is 7.64. The van der Waals surface area contributed by atoms with Crippen molar-refractivity contribution < 1.29 is 0 Å². The van der Waals surface area contributed by atoms with Crippen LogP contribution in [0.4, 0.5) is 0 Å². The maximum absolute atomic E-state index is 5.56. The van der Waals surface area contributed by atoms with E-state index in [0.29, 0.717) is 0 Å². The van der Waals surface area contributed by atoms with Crippen molar-refractivity contribution in [2.45, 2.75) is 26.7 Å². The summed E-state index contributed by atoms with van der Waals surface area (Å²) < 4.78 is 0. The molecule has 0 aliphatic rings. The molecule has 0 aliphatic heterocycles. The Balaban J connectivity index is 0. The summed E-state index contributed by atoms with van der Waals surface area (Å²) in [5, 5.41) is 0. The van der Waals surface area contributed by atoms with Gasteiger partial charge in [0.05, 0.1) is 0 Å². The molecule has 0 saturated carbocycles.